The summed E-state index contributed by atoms with van der Waals surface area (Å²) >= 11 is 0. The molecule has 0 saturated heterocycles. The normalized spacial score (nSPS) is 12.6. The van der Waals surface area contributed by atoms with E-state index in [-0.39, 0.29) is 18.6 Å². The van der Waals surface area contributed by atoms with Crippen molar-refractivity contribution in [2.75, 3.05) is 26.2 Å². The number of amides is 1. The summed E-state index contributed by atoms with van der Waals surface area (Å²) in [6.07, 6.45) is 18.1. The molecular weight excluding hydrogens is 340 g/mol. The molecule has 0 bridgehead atoms. The number of nitrogens with one attached hydrogen (secondary N) is 2. The van der Waals surface area contributed by atoms with Crippen molar-refractivity contribution in [2.45, 2.75) is 96.5 Å². The first-order chi connectivity index (χ1) is 13.2. The van der Waals surface area contributed by atoms with Crippen molar-refractivity contribution in [3.63, 3.8) is 0 Å². The predicted molar refractivity (Wildman–Crippen MR) is 114 cm³/mol. The number of aliphatic hydroxyl groups is 2. The second-order valence-electron chi connectivity index (χ2n) is 7.34. The monoisotopic (exact) mass is 384 g/mol. The number of hydrogen-bond donors (Lipinski definition) is 4. The smallest absolute Gasteiger partial charge is 0.220 e. The molecule has 5 heteroatoms. The third-order valence-electron chi connectivity index (χ3n) is 4.65. The number of hydrogen-bond acceptors (Lipinski definition) is 4. The molecule has 4 N–H and O–H groups in total. The fraction of sp³-hybridized carbons (Fsp3) is 0.864. The second kappa shape index (κ2) is 21.4. The molecule has 0 saturated carbocycles. The summed E-state index contributed by atoms with van der Waals surface area (Å²) in [5, 5.41) is 24.4. The molecule has 160 valence electrons. The average Bonchev–Trinajstić information content (AvgIpc) is 2.66. The Morgan fingerprint density at radius 1 is 0.926 bits per heavy atom. The Morgan fingerprint density at radius 3 is 2.44 bits per heavy atom. The Morgan fingerprint density at radius 2 is 1.67 bits per heavy atom. The van der Waals surface area contributed by atoms with Crippen molar-refractivity contribution < 1.29 is 15.0 Å². The van der Waals surface area contributed by atoms with Gasteiger partial charge in [-0.05, 0) is 32.1 Å². The van der Waals surface area contributed by atoms with Gasteiger partial charge in [0, 0.05) is 26.1 Å². The number of allylic oxidation sites excluding steroid dienone is 1. The van der Waals surface area contributed by atoms with E-state index in [2.05, 4.69) is 29.7 Å². The molecule has 0 fully saturated rings. The molecule has 0 radical (unpaired) electrons. The first-order valence-electron chi connectivity index (χ1n) is 11.1. The molecule has 1 amide bonds. The van der Waals surface area contributed by atoms with Gasteiger partial charge in [0.15, 0.2) is 0 Å². The van der Waals surface area contributed by atoms with Crippen LogP contribution in [0.1, 0.15) is 90.4 Å². The minimum Gasteiger partial charge on any atom is -0.395 e. The Bertz CT molecular complexity index is 348. The lowest BCUT2D eigenvalue weighted by atomic mass is 10.1. The van der Waals surface area contributed by atoms with E-state index in [0.717, 1.165) is 38.5 Å². The lowest BCUT2D eigenvalue weighted by molar-refractivity contribution is -0.121. The largest absolute Gasteiger partial charge is 0.395 e. The first kappa shape index (κ1) is 26.1. The van der Waals surface area contributed by atoms with Crippen LogP contribution in [-0.2, 0) is 4.79 Å². The van der Waals surface area contributed by atoms with Gasteiger partial charge in [-0.3, -0.25) is 4.79 Å². The van der Waals surface area contributed by atoms with E-state index in [1.807, 2.05) is 0 Å². The van der Waals surface area contributed by atoms with E-state index in [9.17, 15) is 9.90 Å². The van der Waals surface area contributed by atoms with Crippen LogP contribution in [0.15, 0.2) is 12.2 Å². The minimum absolute atomic E-state index is 0.122. The molecule has 0 aliphatic carbocycles. The summed E-state index contributed by atoms with van der Waals surface area (Å²) in [4.78, 5) is 11.6. The Hall–Kier alpha value is -0.910. The number of aliphatic hydroxyl groups excluding tert-OH is 2. The zero-order valence-electron chi connectivity index (χ0n) is 17.6. The first-order valence-corrected chi connectivity index (χ1v) is 11.1. The standard InChI is InChI=1S/C22H44N2O3/c1-2-3-4-11-14-21(26)15-12-9-7-5-6-8-10-13-16-22(27)24-18-17-23-19-20-25/h9,12,21,23,25-26H,2-8,10-11,13-20H2,1H3,(H,24,27)/b12-9+. The van der Waals surface area contributed by atoms with Gasteiger partial charge in [-0.15, -0.1) is 0 Å². The van der Waals surface area contributed by atoms with Crippen molar-refractivity contribution in [1.82, 2.24) is 10.6 Å². The fourth-order valence-corrected chi connectivity index (χ4v) is 2.96. The van der Waals surface area contributed by atoms with Crippen LogP contribution in [0, 0.1) is 0 Å². The highest BCUT2D eigenvalue weighted by atomic mass is 16.3. The zero-order valence-corrected chi connectivity index (χ0v) is 17.6. The molecule has 0 heterocycles. The Kier molecular flexibility index (Phi) is 20.7. The summed E-state index contributed by atoms with van der Waals surface area (Å²) < 4.78 is 0. The van der Waals surface area contributed by atoms with Gasteiger partial charge in [0.2, 0.25) is 5.91 Å². The quantitative estimate of drug-likeness (QED) is 0.191. The Balaban J connectivity index is 3.30. The SMILES string of the molecule is CCCCCCC(O)C/C=C/CCCCCCCC(=O)NCCNCCO. The third-order valence-corrected chi connectivity index (χ3v) is 4.65. The summed E-state index contributed by atoms with van der Waals surface area (Å²) in [6.45, 7) is 4.24. The maximum absolute atomic E-state index is 11.6. The van der Waals surface area contributed by atoms with Crippen LogP contribution in [0.4, 0.5) is 0 Å². The van der Waals surface area contributed by atoms with E-state index < -0.39 is 0 Å². The molecule has 1 atom stereocenters. The molecule has 0 aromatic rings. The molecule has 5 nitrogen and oxygen atoms in total. The number of carbonyl (C=O) groups is 1. The maximum atomic E-state index is 11.6. The van der Waals surface area contributed by atoms with Crippen molar-refractivity contribution >= 4 is 5.91 Å². The van der Waals surface area contributed by atoms with E-state index in [1.165, 1.54) is 38.5 Å². The van der Waals surface area contributed by atoms with Gasteiger partial charge in [0.1, 0.15) is 0 Å². The van der Waals surface area contributed by atoms with Gasteiger partial charge < -0.3 is 20.8 Å². The third kappa shape index (κ3) is 21.2. The molecule has 27 heavy (non-hydrogen) atoms. The Labute approximate surface area is 167 Å². The summed E-state index contributed by atoms with van der Waals surface area (Å²) in [5.74, 6) is 0.122. The topological polar surface area (TPSA) is 81.6 Å². The second-order valence-corrected chi connectivity index (χ2v) is 7.34. The molecule has 1 unspecified atom stereocenters. The van der Waals surface area contributed by atoms with Gasteiger partial charge >= 0.3 is 0 Å². The van der Waals surface area contributed by atoms with Gasteiger partial charge in [-0.1, -0.05) is 64.0 Å². The van der Waals surface area contributed by atoms with E-state index in [4.69, 9.17) is 5.11 Å². The van der Waals surface area contributed by atoms with Gasteiger partial charge in [-0.2, -0.15) is 0 Å². The highest BCUT2D eigenvalue weighted by Crippen LogP contribution is 2.10. The van der Waals surface area contributed by atoms with Crippen LogP contribution in [0.2, 0.25) is 0 Å². The van der Waals surface area contributed by atoms with Crippen LogP contribution in [0.5, 0.6) is 0 Å². The van der Waals surface area contributed by atoms with Crippen LogP contribution >= 0.6 is 0 Å². The molecule has 0 aromatic heterocycles. The predicted octanol–water partition coefficient (Wildman–Crippen LogP) is 3.69. The van der Waals surface area contributed by atoms with Crippen molar-refractivity contribution in [1.29, 1.82) is 0 Å². The van der Waals surface area contributed by atoms with Crippen LogP contribution in [-0.4, -0.2) is 48.5 Å². The van der Waals surface area contributed by atoms with Gasteiger partial charge in [-0.25, -0.2) is 0 Å². The van der Waals surface area contributed by atoms with E-state index >= 15 is 0 Å². The van der Waals surface area contributed by atoms with Crippen LogP contribution < -0.4 is 10.6 Å². The lowest BCUT2D eigenvalue weighted by Crippen LogP contribution is -2.32. The average molecular weight is 385 g/mol. The van der Waals surface area contributed by atoms with E-state index in [1.54, 1.807) is 0 Å². The lowest BCUT2D eigenvalue weighted by Gasteiger charge is -2.07. The fourth-order valence-electron chi connectivity index (χ4n) is 2.96. The highest BCUT2D eigenvalue weighted by molar-refractivity contribution is 5.75. The molecule has 0 spiro atoms. The molecule has 0 rings (SSSR count). The zero-order chi connectivity index (χ0) is 20.0. The molecule has 0 aliphatic rings. The molecule has 0 aliphatic heterocycles. The van der Waals surface area contributed by atoms with E-state index in [0.29, 0.717) is 26.1 Å². The van der Waals surface area contributed by atoms with Crippen LogP contribution in [0.3, 0.4) is 0 Å². The van der Waals surface area contributed by atoms with Crippen molar-refractivity contribution in [3.05, 3.63) is 12.2 Å². The highest BCUT2D eigenvalue weighted by Gasteiger charge is 2.01. The summed E-state index contributed by atoms with van der Waals surface area (Å²) in [6, 6.07) is 0. The van der Waals surface area contributed by atoms with Gasteiger partial charge in [0.25, 0.3) is 0 Å². The number of unbranched alkanes of at least 4 members (excludes halogenated alkanes) is 8. The molecule has 0 aromatic carbocycles. The summed E-state index contributed by atoms with van der Waals surface area (Å²) in [5.41, 5.74) is 0. The summed E-state index contributed by atoms with van der Waals surface area (Å²) in [7, 11) is 0. The van der Waals surface area contributed by atoms with Crippen molar-refractivity contribution in [2.24, 2.45) is 0 Å². The number of carbonyl (C=O) groups excluding carboxylic acids is 1. The maximum Gasteiger partial charge on any atom is 0.220 e. The number of rotatable bonds is 20. The van der Waals surface area contributed by atoms with Crippen molar-refractivity contribution in [3.8, 4) is 0 Å². The molecular formula is C22H44N2O3. The van der Waals surface area contributed by atoms with Crippen LogP contribution in [0.25, 0.3) is 0 Å². The minimum atomic E-state index is -0.172. The van der Waals surface area contributed by atoms with Gasteiger partial charge in [0.05, 0.1) is 12.7 Å².